The van der Waals surface area contributed by atoms with Crippen LogP contribution in [-0.4, -0.2) is 17.4 Å². The highest BCUT2D eigenvalue weighted by molar-refractivity contribution is 5.71. The summed E-state index contributed by atoms with van der Waals surface area (Å²) in [5.41, 5.74) is 0.451. The number of hydrogen-bond donors (Lipinski definition) is 0. The molecule has 2 atom stereocenters. The van der Waals surface area contributed by atoms with Crippen molar-refractivity contribution in [2.45, 2.75) is 45.1 Å². The molecule has 1 heterocycles. The number of rotatable bonds is 4. The number of aldehydes is 1. The highest BCUT2D eigenvalue weighted by Gasteiger charge is 2.21. The van der Waals surface area contributed by atoms with E-state index < -0.39 is 0 Å². The second-order valence-electron chi connectivity index (χ2n) is 4.72. The zero-order chi connectivity index (χ0) is 12.1. The zero-order valence-electron chi connectivity index (χ0n) is 10.3. The number of aromatic nitrogens is 1. The lowest BCUT2D eigenvalue weighted by Crippen LogP contribution is -2.25. The third-order valence-corrected chi connectivity index (χ3v) is 3.49. The van der Waals surface area contributed by atoms with E-state index in [9.17, 15) is 4.79 Å². The molecule has 0 aromatic carbocycles. The van der Waals surface area contributed by atoms with Gasteiger partial charge in [-0.15, -0.1) is 0 Å². The summed E-state index contributed by atoms with van der Waals surface area (Å²) in [4.78, 5) is 14.5. The number of nitrogens with zero attached hydrogens (tertiary/aromatic N) is 1. The molecule has 92 valence electrons. The summed E-state index contributed by atoms with van der Waals surface area (Å²) in [6.45, 7) is 2.24. The van der Waals surface area contributed by atoms with E-state index in [1.807, 2.05) is 6.07 Å². The van der Waals surface area contributed by atoms with Gasteiger partial charge in [0.2, 0.25) is 0 Å². The molecule has 0 saturated heterocycles. The zero-order valence-corrected chi connectivity index (χ0v) is 10.3. The third-order valence-electron chi connectivity index (χ3n) is 3.49. The fraction of sp³-hybridized carbons (Fsp3) is 0.571. The van der Waals surface area contributed by atoms with Crippen LogP contribution >= 0.6 is 0 Å². The van der Waals surface area contributed by atoms with E-state index in [2.05, 4.69) is 11.9 Å². The predicted octanol–water partition coefficient (Wildman–Crippen LogP) is 3.24. The van der Waals surface area contributed by atoms with Crippen LogP contribution in [0.1, 0.15) is 49.5 Å². The molecule has 3 heteroatoms. The van der Waals surface area contributed by atoms with Crippen molar-refractivity contribution in [1.29, 1.82) is 0 Å². The molecule has 0 aliphatic heterocycles. The molecule has 1 aliphatic carbocycles. The standard InChI is InChI=1S/C14H19NO2/c1-2-11-4-3-5-13(8-11)17-14-7-6-12(10-16)15-9-14/h6-7,9-11,13H,2-5,8H2,1H3. The van der Waals surface area contributed by atoms with Crippen LogP contribution in [0.2, 0.25) is 0 Å². The number of hydrogen-bond acceptors (Lipinski definition) is 3. The van der Waals surface area contributed by atoms with Crippen LogP contribution in [0.4, 0.5) is 0 Å². The van der Waals surface area contributed by atoms with Gasteiger partial charge in [-0.1, -0.05) is 19.8 Å². The van der Waals surface area contributed by atoms with Crippen LogP contribution in [0.5, 0.6) is 5.75 Å². The lowest BCUT2D eigenvalue weighted by Gasteiger charge is -2.28. The summed E-state index contributed by atoms with van der Waals surface area (Å²) >= 11 is 0. The van der Waals surface area contributed by atoms with Crippen LogP contribution in [-0.2, 0) is 0 Å². The van der Waals surface area contributed by atoms with Crippen LogP contribution in [0.3, 0.4) is 0 Å². The molecule has 0 radical (unpaired) electrons. The lowest BCUT2D eigenvalue weighted by atomic mass is 9.85. The van der Waals surface area contributed by atoms with Crippen LogP contribution in [0.15, 0.2) is 18.3 Å². The Hall–Kier alpha value is -1.38. The van der Waals surface area contributed by atoms with Crippen molar-refractivity contribution in [3.05, 3.63) is 24.0 Å². The first-order valence-electron chi connectivity index (χ1n) is 6.39. The minimum absolute atomic E-state index is 0.317. The van der Waals surface area contributed by atoms with Crippen LogP contribution < -0.4 is 4.74 Å². The van der Waals surface area contributed by atoms with E-state index in [4.69, 9.17) is 4.74 Å². The van der Waals surface area contributed by atoms with Crippen molar-refractivity contribution in [3.8, 4) is 5.75 Å². The van der Waals surface area contributed by atoms with E-state index >= 15 is 0 Å². The maximum absolute atomic E-state index is 10.5. The highest BCUT2D eigenvalue weighted by atomic mass is 16.5. The minimum atomic E-state index is 0.317. The number of carbonyl (C=O) groups is 1. The lowest BCUT2D eigenvalue weighted by molar-refractivity contribution is 0.111. The number of ether oxygens (including phenoxy) is 1. The SMILES string of the molecule is CCC1CCCC(Oc2ccc(C=O)nc2)C1. The fourth-order valence-electron chi connectivity index (χ4n) is 2.44. The van der Waals surface area contributed by atoms with E-state index in [1.165, 1.54) is 19.3 Å². The summed E-state index contributed by atoms with van der Waals surface area (Å²) in [6.07, 6.45) is 8.80. The monoisotopic (exact) mass is 233 g/mol. The summed E-state index contributed by atoms with van der Waals surface area (Å²) in [7, 11) is 0. The quantitative estimate of drug-likeness (QED) is 0.749. The first kappa shape index (κ1) is 12.1. The Kier molecular flexibility index (Phi) is 4.13. The molecule has 1 fully saturated rings. The molecule has 1 saturated carbocycles. The van der Waals surface area contributed by atoms with Gasteiger partial charge in [-0.05, 0) is 37.3 Å². The Labute approximate surface area is 102 Å². The Balaban J connectivity index is 1.92. The summed E-state index contributed by atoms with van der Waals surface area (Å²) < 4.78 is 5.91. The second kappa shape index (κ2) is 5.80. The topological polar surface area (TPSA) is 39.2 Å². The Bertz CT molecular complexity index is 361. The van der Waals surface area contributed by atoms with Gasteiger partial charge in [-0.2, -0.15) is 0 Å². The van der Waals surface area contributed by atoms with Crippen molar-refractivity contribution in [1.82, 2.24) is 4.98 Å². The normalized spacial score (nSPS) is 24.3. The average Bonchev–Trinajstić information content (AvgIpc) is 2.40. The summed E-state index contributed by atoms with van der Waals surface area (Å²) in [5.74, 6) is 1.58. The molecular weight excluding hydrogens is 214 g/mol. The van der Waals surface area contributed by atoms with Crippen LogP contribution in [0, 0.1) is 5.92 Å². The van der Waals surface area contributed by atoms with E-state index in [0.29, 0.717) is 11.8 Å². The molecule has 1 aromatic rings. The first-order chi connectivity index (χ1) is 8.31. The van der Waals surface area contributed by atoms with Gasteiger partial charge in [0.15, 0.2) is 6.29 Å². The molecule has 0 N–H and O–H groups in total. The van der Waals surface area contributed by atoms with Crippen LogP contribution in [0.25, 0.3) is 0 Å². The van der Waals surface area contributed by atoms with Gasteiger partial charge >= 0.3 is 0 Å². The molecule has 0 bridgehead atoms. The van der Waals surface area contributed by atoms with Crippen molar-refractivity contribution < 1.29 is 9.53 Å². The van der Waals surface area contributed by atoms with Gasteiger partial charge in [0.05, 0.1) is 12.3 Å². The van der Waals surface area contributed by atoms with Crippen molar-refractivity contribution in [2.24, 2.45) is 5.92 Å². The molecule has 1 aromatic heterocycles. The molecule has 0 amide bonds. The Morgan fingerprint density at radius 1 is 1.47 bits per heavy atom. The second-order valence-corrected chi connectivity index (χ2v) is 4.72. The first-order valence-corrected chi connectivity index (χ1v) is 6.39. The highest BCUT2D eigenvalue weighted by Crippen LogP contribution is 2.29. The Morgan fingerprint density at radius 2 is 2.35 bits per heavy atom. The largest absolute Gasteiger partial charge is 0.489 e. The predicted molar refractivity (Wildman–Crippen MR) is 66.3 cm³/mol. The molecule has 2 unspecified atom stereocenters. The molecule has 17 heavy (non-hydrogen) atoms. The maximum Gasteiger partial charge on any atom is 0.168 e. The van der Waals surface area contributed by atoms with E-state index in [0.717, 1.165) is 30.8 Å². The average molecular weight is 233 g/mol. The van der Waals surface area contributed by atoms with E-state index in [-0.39, 0.29) is 0 Å². The Morgan fingerprint density at radius 3 is 3.00 bits per heavy atom. The number of carbonyl (C=O) groups excluding carboxylic acids is 1. The van der Waals surface area contributed by atoms with Crippen molar-refractivity contribution >= 4 is 6.29 Å². The summed E-state index contributed by atoms with van der Waals surface area (Å²) in [6, 6.07) is 3.52. The molecule has 1 aliphatic rings. The van der Waals surface area contributed by atoms with Crippen molar-refractivity contribution in [2.75, 3.05) is 0 Å². The number of pyridine rings is 1. The van der Waals surface area contributed by atoms with Gasteiger partial charge in [-0.25, -0.2) is 4.98 Å². The van der Waals surface area contributed by atoms with Gasteiger partial charge < -0.3 is 4.74 Å². The van der Waals surface area contributed by atoms with Gasteiger partial charge in [-0.3, -0.25) is 4.79 Å². The molecular formula is C14H19NO2. The van der Waals surface area contributed by atoms with Gasteiger partial charge in [0.1, 0.15) is 11.4 Å². The van der Waals surface area contributed by atoms with Crippen molar-refractivity contribution in [3.63, 3.8) is 0 Å². The molecule has 2 rings (SSSR count). The minimum Gasteiger partial charge on any atom is -0.489 e. The van der Waals surface area contributed by atoms with E-state index in [1.54, 1.807) is 12.3 Å². The van der Waals surface area contributed by atoms with Gasteiger partial charge in [0.25, 0.3) is 0 Å². The maximum atomic E-state index is 10.5. The fourth-order valence-corrected chi connectivity index (χ4v) is 2.44. The summed E-state index contributed by atoms with van der Waals surface area (Å²) in [5, 5.41) is 0. The molecule has 0 spiro atoms. The van der Waals surface area contributed by atoms with Gasteiger partial charge in [0, 0.05) is 0 Å². The molecule has 3 nitrogen and oxygen atoms in total. The smallest absolute Gasteiger partial charge is 0.168 e. The third kappa shape index (κ3) is 3.29.